The van der Waals surface area contributed by atoms with Crippen LogP contribution in [-0.2, 0) is 0 Å². The Bertz CT molecular complexity index is 379. The van der Waals surface area contributed by atoms with Crippen LogP contribution in [-0.4, -0.2) is 24.5 Å². The zero-order valence-electron chi connectivity index (χ0n) is 9.67. The largest absolute Gasteiger partial charge is 0.372 e. The van der Waals surface area contributed by atoms with E-state index in [4.69, 9.17) is 0 Å². The van der Waals surface area contributed by atoms with Crippen molar-refractivity contribution >= 4 is 11.7 Å². The maximum Gasteiger partial charge on any atom is 0.255 e. The molecule has 1 heterocycles. The number of rotatable bonds is 4. The van der Waals surface area contributed by atoms with Gasteiger partial charge in [-0.05, 0) is 12.0 Å². The number of carbonyl (C=O) groups is 1. The van der Waals surface area contributed by atoms with E-state index in [1.54, 1.807) is 7.05 Å². The molecule has 0 aliphatic rings. The molecule has 0 saturated carbocycles. The molecule has 1 rings (SSSR count). The smallest absolute Gasteiger partial charge is 0.255 e. The average molecular weight is 225 g/mol. The summed E-state index contributed by atoms with van der Waals surface area (Å²) in [6.45, 7) is 4.53. The van der Waals surface area contributed by atoms with Gasteiger partial charge in [0.15, 0.2) is 0 Å². The van der Waals surface area contributed by atoms with Crippen LogP contribution in [0.4, 0.5) is 10.2 Å². The van der Waals surface area contributed by atoms with E-state index in [9.17, 15) is 9.18 Å². The Balaban J connectivity index is 2.84. The van der Waals surface area contributed by atoms with Crippen LogP contribution in [0.15, 0.2) is 12.3 Å². The third kappa shape index (κ3) is 3.18. The van der Waals surface area contributed by atoms with Gasteiger partial charge in [-0.2, -0.15) is 0 Å². The van der Waals surface area contributed by atoms with E-state index in [0.29, 0.717) is 18.3 Å². The first-order valence-electron chi connectivity index (χ1n) is 5.16. The summed E-state index contributed by atoms with van der Waals surface area (Å²) in [5, 5.41) is 5.47. The molecule has 0 aliphatic heterocycles. The lowest BCUT2D eigenvalue weighted by Gasteiger charge is -2.10. The third-order valence-electron chi connectivity index (χ3n) is 2.01. The molecule has 4 nitrogen and oxygen atoms in total. The zero-order valence-corrected chi connectivity index (χ0v) is 9.67. The fraction of sp³-hybridized carbons (Fsp3) is 0.455. The summed E-state index contributed by atoms with van der Waals surface area (Å²) >= 11 is 0. The van der Waals surface area contributed by atoms with Crippen LogP contribution in [0.25, 0.3) is 0 Å². The number of aromatic nitrogens is 1. The second-order valence-electron chi connectivity index (χ2n) is 3.90. The number of nitrogens with zero attached hydrogens (tertiary/aromatic N) is 1. The van der Waals surface area contributed by atoms with Gasteiger partial charge in [-0.1, -0.05) is 13.8 Å². The lowest BCUT2D eigenvalue weighted by molar-refractivity contribution is 0.0949. The number of hydrogen-bond acceptors (Lipinski definition) is 3. The fourth-order valence-corrected chi connectivity index (χ4v) is 1.20. The van der Waals surface area contributed by atoms with Crippen molar-refractivity contribution in [3.63, 3.8) is 0 Å². The minimum atomic E-state index is -0.520. The number of nitrogens with one attached hydrogen (secondary N) is 2. The van der Waals surface area contributed by atoms with Gasteiger partial charge in [-0.15, -0.1) is 0 Å². The first-order valence-corrected chi connectivity index (χ1v) is 5.16. The van der Waals surface area contributed by atoms with Crippen LogP contribution < -0.4 is 10.6 Å². The molecular weight excluding hydrogens is 209 g/mol. The molecule has 0 radical (unpaired) electrons. The normalized spacial score (nSPS) is 10.3. The van der Waals surface area contributed by atoms with Crippen LogP contribution >= 0.6 is 0 Å². The SMILES string of the molecule is CNc1ncc(F)cc1C(=O)NCC(C)C. The second kappa shape index (κ2) is 5.44. The van der Waals surface area contributed by atoms with E-state index in [2.05, 4.69) is 15.6 Å². The molecule has 0 fully saturated rings. The van der Waals surface area contributed by atoms with Crippen molar-refractivity contribution in [2.75, 3.05) is 18.9 Å². The van der Waals surface area contributed by atoms with Gasteiger partial charge in [0.25, 0.3) is 5.91 Å². The Morgan fingerprint density at radius 1 is 1.56 bits per heavy atom. The molecule has 0 aromatic carbocycles. The van der Waals surface area contributed by atoms with Crippen molar-refractivity contribution < 1.29 is 9.18 Å². The third-order valence-corrected chi connectivity index (χ3v) is 2.01. The maximum absolute atomic E-state index is 13.0. The molecule has 16 heavy (non-hydrogen) atoms. The van der Waals surface area contributed by atoms with Crippen molar-refractivity contribution in [3.05, 3.63) is 23.6 Å². The van der Waals surface area contributed by atoms with Crippen molar-refractivity contribution in [2.24, 2.45) is 5.92 Å². The summed E-state index contributed by atoms with van der Waals surface area (Å²) in [5.41, 5.74) is 0.225. The highest BCUT2D eigenvalue weighted by atomic mass is 19.1. The zero-order chi connectivity index (χ0) is 12.1. The molecule has 1 amide bonds. The minimum absolute atomic E-state index is 0.225. The summed E-state index contributed by atoms with van der Waals surface area (Å²) in [6, 6.07) is 1.18. The monoisotopic (exact) mass is 225 g/mol. The highest BCUT2D eigenvalue weighted by Gasteiger charge is 2.13. The molecule has 0 unspecified atom stereocenters. The van der Waals surface area contributed by atoms with Gasteiger partial charge in [0.05, 0.1) is 11.8 Å². The number of carbonyl (C=O) groups excluding carboxylic acids is 1. The summed E-state index contributed by atoms with van der Waals surface area (Å²) in [6.07, 6.45) is 1.07. The number of anilines is 1. The van der Waals surface area contributed by atoms with E-state index in [1.807, 2.05) is 13.8 Å². The van der Waals surface area contributed by atoms with Gasteiger partial charge in [0.2, 0.25) is 0 Å². The fourth-order valence-electron chi connectivity index (χ4n) is 1.20. The van der Waals surface area contributed by atoms with Gasteiger partial charge in [0.1, 0.15) is 11.6 Å². The van der Waals surface area contributed by atoms with Gasteiger partial charge in [-0.3, -0.25) is 4.79 Å². The molecule has 5 heteroatoms. The molecular formula is C11H16FN3O. The Morgan fingerprint density at radius 3 is 2.81 bits per heavy atom. The molecule has 88 valence electrons. The van der Waals surface area contributed by atoms with E-state index >= 15 is 0 Å². The number of amides is 1. The van der Waals surface area contributed by atoms with Crippen LogP contribution in [0.5, 0.6) is 0 Å². The molecule has 1 aromatic rings. The van der Waals surface area contributed by atoms with Crippen LogP contribution in [0.3, 0.4) is 0 Å². The number of pyridine rings is 1. The second-order valence-corrected chi connectivity index (χ2v) is 3.90. The first-order chi connectivity index (χ1) is 7.54. The predicted molar refractivity (Wildman–Crippen MR) is 60.9 cm³/mol. The lowest BCUT2D eigenvalue weighted by atomic mass is 10.2. The van der Waals surface area contributed by atoms with Crippen molar-refractivity contribution in [1.82, 2.24) is 10.3 Å². The Kier molecular flexibility index (Phi) is 4.22. The molecule has 0 atom stereocenters. The standard InChI is InChI=1S/C11H16FN3O/c1-7(2)5-15-11(16)9-4-8(12)6-14-10(9)13-3/h4,6-7H,5H2,1-3H3,(H,13,14)(H,15,16). The minimum Gasteiger partial charge on any atom is -0.372 e. The number of halogens is 1. The van der Waals surface area contributed by atoms with Crippen LogP contribution in [0.1, 0.15) is 24.2 Å². The summed E-state index contributed by atoms with van der Waals surface area (Å²) < 4.78 is 13.0. The van der Waals surface area contributed by atoms with Crippen LogP contribution in [0, 0.1) is 11.7 Å². The molecule has 0 saturated heterocycles. The van der Waals surface area contributed by atoms with Gasteiger partial charge < -0.3 is 10.6 Å². The summed E-state index contributed by atoms with van der Waals surface area (Å²) in [5.74, 6) is -0.107. The molecule has 0 bridgehead atoms. The Hall–Kier alpha value is -1.65. The Labute approximate surface area is 94.3 Å². The van der Waals surface area contributed by atoms with Gasteiger partial charge in [-0.25, -0.2) is 9.37 Å². The van der Waals surface area contributed by atoms with E-state index in [0.717, 1.165) is 6.20 Å². The van der Waals surface area contributed by atoms with E-state index in [-0.39, 0.29) is 11.5 Å². The highest BCUT2D eigenvalue weighted by Crippen LogP contribution is 2.12. The van der Waals surface area contributed by atoms with E-state index in [1.165, 1.54) is 6.07 Å². The maximum atomic E-state index is 13.0. The van der Waals surface area contributed by atoms with Gasteiger partial charge >= 0.3 is 0 Å². The Morgan fingerprint density at radius 2 is 2.25 bits per heavy atom. The molecule has 1 aromatic heterocycles. The number of hydrogen-bond donors (Lipinski definition) is 2. The van der Waals surface area contributed by atoms with Crippen LogP contribution in [0.2, 0.25) is 0 Å². The molecule has 2 N–H and O–H groups in total. The molecule has 0 spiro atoms. The van der Waals surface area contributed by atoms with Crippen molar-refractivity contribution in [3.8, 4) is 0 Å². The summed E-state index contributed by atoms with van der Waals surface area (Å²) in [4.78, 5) is 15.5. The first kappa shape index (κ1) is 12.4. The lowest BCUT2D eigenvalue weighted by Crippen LogP contribution is -2.28. The quantitative estimate of drug-likeness (QED) is 0.819. The van der Waals surface area contributed by atoms with Gasteiger partial charge in [0, 0.05) is 13.6 Å². The summed E-state index contributed by atoms with van der Waals surface area (Å²) in [7, 11) is 1.64. The topological polar surface area (TPSA) is 54.0 Å². The average Bonchev–Trinajstić information content (AvgIpc) is 2.25. The predicted octanol–water partition coefficient (Wildman–Crippen LogP) is 1.65. The van der Waals surface area contributed by atoms with E-state index < -0.39 is 5.82 Å². The van der Waals surface area contributed by atoms with Crippen molar-refractivity contribution in [2.45, 2.75) is 13.8 Å². The molecule has 0 aliphatic carbocycles. The van der Waals surface area contributed by atoms with Crippen molar-refractivity contribution in [1.29, 1.82) is 0 Å². The highest BCUT2D eigenvalue weighted by molar-refractivity contribution is 5.98.